The van der Waals surface area contributed by atoms with E-state index in [9.17, 15) is 18.0 Å². The van der Waals surface area contributed by atoms with Crippen molar-refractivity contribution >= 4 is 5.91 Å². The average Bonchev–Trinajstić information content (AvgIpc) is 2.84. The first-order valence-corrected chi connectivity index (χ1v) is 12.4. The molecule has 0 unspecified atom stereocenters. The summed E-state index contributed by atoms with van der Waals surface area (Å²) in [6.45, 7) is 4.24. The molecular weight excluding hydrogens is 439 g/mol. The maximum Gasteiger partial charge on any atom is 0.416 e. The Bertz CT molecular complexity index is 976. The summed E-state index contributed by atoms with van der Waals surface area (Å²) in [5, 5.41) is 0. The zero-order valence-corrected chi connectivity index (χ0v) is 20.1. The molecule has 1 saturated heterocycles. The summed E-state index contributed by atoms with van der Waals surface area (Å²) in [4.78, 5) is 22.4. The van der Waals surface area contributed by atoms with Crippen molar-refractivity contribution in [2.75, 3.05) is 20.1 Å². The third kappa shape index (κ3) is 5.80. The number of aryl methyl sites for hydroxylation is 1. The van der Waals surface area contributed by atoms with Crippen molar-refractivity contribution in [1.82, 2.24) is 14.8 Å². The zero-order valence-electron chi connectivity index (χ0n) is 20.1. The van der Waals surface area contributed by atoms with Gasteiger partial charge in [0.05, 0.1) is 16.8 Å². The van der Waals surface area contributed by atoms with E-state index in [0.717, 1.165) is 73.4 Å². The lowest BCUT2D eigenvalue weighted by Gasteiger charge is -2.34. The molecule has 2 aliphatic rings. The molecule has 1 aromatic heterocycles. The Labute approximate surface area is 200 Å². The van der Waals surface area contributed by atoms with E-state index in [1.807, 2.05) is 31.0 Å². The van der Waals surface area contributed by atoms with Gasteiger partial charge in [0.25, 0.3) is 5.91 Å². The molecule has 1 aliphatic heterocycles. The quantitative estimate of drug-likeness (QED) is 0.519. The number of halogens is 3. The Morgan fingerprint density at radius 2 is 1.65 bits per heavy atom. The minimum absolute atomic E-state index is 0.0709. The number of hydrogen-bond acceptors (Lipinski definition) is 3. The number of carbonyl (C=O) groups is 1. The highest BCUT2D eigenvalue weighted by molar-refractivity contribution is 5.95. The van der Waals surface area contributed by atoms with Crippen molar-refractivity contribution < 1.29 is 18.0 Å². The summed E-state index contributed by atoms with van der Waals surface area (Å²) in [7, 11) is 1.93. The third-order valence-corrected chi connectivity index (χ3v) is 7.40. The molecule has 7 heteroatoms. The van der Waals surface area contributed by atoms with Crippen molar-refractivity contribution in [3.63, 3.8) is 0 Å². The number of benzene rings is 1. The standard InChI is InChI=1S/C27H34F3N3O/c1-19-8-13-24(26(34)32(2)23-6-4-3-5-7-23)25(31-19)21-14-16-33(17-15-21)18-20-9-11-22(12-10-20)27(28,29)30/h8-13,21,23H,3-7,14-18H2,1-2H3. The van der Waals surface area contributed by atoms with Gasteiger partial charge in [-0.1, -0.05) is 31.4 Å². The molecular formula is C27H34F3N3O. The van der Waals surface area contributed by atoms with E-state index in [0.29, 0.717) is 12.6 Å². The number of alkyl halides is 3. The Morgan fingerprint density at radius 1 is 1.00 bits per heavy atom. The number of nitrogens with zero attached hydrogens (tertiary/aromatic N) is 3. The van der Waals surface area contributed by atoms with Gasteiger partial charge in [-0.25, -0.2) is 0 Å². The van der Waals surface area contributed by atoms with Crippen molar-refractivity contribution in [3.8, 4) is 0 Å². The maximum atomic E-state index is 13.4. The minimum Gasteiger partial charge on any atom is -0.339 e. The van der Waals surface area contributed by atoms with Crippen molar-refractivity contribution in [1.29, 1.82) is 0 Å². The number of amides is 1. The predicted octanol–water partition coefficient (Wildman–Crippen LogP) is 6.19. The van der Waals surface area contributed by atoms with Crippen molar-refractivity contribution in [2.24, 2.45) is 0 Å². The molecule has 0 atom stereocenters. The van der Waals surface area contributed by atoms with Crippen molar-refractivity contribution in [3.05, 3.63) is 64.5 Å². The van der Waals surface area contributed by atoms with Gasteiger partial charge >= 0.3 is 6.18 Å². The minimum atomic E-state index is -4.31. The van der Waals surface area contributed by atoms with Gasteiger partial charge in [-0.05, 0) is 75.5 Å². The first kappa shape index (κ1) is 24.7. The fourth-order valence-corrected chi connectivity index (χ4v) is 5.31. The molecule has 1 amide bonds. The van der Waals surface area contributed by atoms with Gasteiger partial charge in [-0.3, -0.25) is 14.7 Å². The molecule has 2 aromatic rings. The van der Waals surface area contributed by atoms with Gasteiger partial charge in [0, 0.05) is 31.2 Å². The second-order valence-electron chi connectivity index (χ2n) is 9.84. The van der Waals surface area contributed by atoms with E-state index in [1.54, 1.807) is 12.1 Å². The molecule has 2 fully saturated rings. The van der Waals surface area contributed by atoms with Gasteiger partial charge in [-0.15, -0.1) is 0 Å². The maximum absolute atomic E-state index is 13.4. The lowest BCUT2D eigenvalue weighted by Crippen LogP contribution is -2.39. The Kier molecular flexibility index (Phi) is 7.60. The number of piperidine rings is 1. The van der Waals surface area contributed by atoms with Gasteiger partial charge in [0.15, 0.2) is 0 Å². The van der Waals surface area contributed by atoms with Crippen LogP contribution in [-0.4, -0.2) is 46.9 Å². The van der Waals surface area contributed by atoms with Gasteiger partial charge in [-0.2, -0.15) is 13.2 Å². The number of rotatable bonds is 5. The summed E-state index contributed by atoms with van der Waals surface area (Å²) in [6.07, 6.45) is 3.20. The van der Waals surface area contributed by atoms with Crippen LogP contribution >= 0.6 is 0 Å². The lowest BCUT2D eigenvalue weighted by atomic mass is 9.89. The smallest absolute Gasteiger partial charge is 0.339 e. The normalized spacial score (nSPS) is 18.7. The molecule has 0 radical (unpaired) electrons. The number of hydrogen-bond donors (Lipinski definition) is 0. The van der Waals surface area contributed by atoms with Crippen LogP contribution in [0.4, 0.5) is 13.2 Å². The number of carbonyl (C=O) groups excluding carboxylic acids is 1. The first-order valence-electron chi connectivity index (χ1n) is 12.4. The Hall–Kier alpha value is -2.41. The molecule has 1 saturated carbocycles. The summed E-state index contributed by atoms with van der Waals surface area (Å²) in [5.41, 5.74) is 2.81. The second-order valence-corrected chi connectivity index (χ2v) is 9.84. The van der Waals surface area contributed by atoms with Crippen LogP contribution in [0.25, 0.3) is 0 Å². The molecule has 0 spiro atoms. The third-order valence-electron chi connectivity index (χ3n) is 7.40. The highest BCUT2D eigenvalue weighted by atomic mass is 19.4. The molecule has 2 heterocycles. The van der Waals surface area contributed by atoms with Crippen molar-refractivity contribution in [2.45, 2.75) is 76.6 Å². The van der Waals surface area contributed by atoms with E-state index in [4.69, 9.17) is 4.98 Å². The molecule has 1 aliphatic carbocycles. The van der Waals surface area contributed by atoms with Crippen LogP contribution in [-0.2, 0) is 12.7 Å². The Morgan fingerprint density at radius 3 is 2.26 bits per heavy atom. The average molecular weight is 474 g/mol. The van der Waals surface area contributed by atoms with Crippen LogP contribution < -0.4 is 0 Å². The fraction of sp³-hybridized carbons (Fsp3) is 0.556. The van der Waals surface area contributed by atoms with Gasteiger partial charge in [0.1, 0.15) is 0 Å². The van der Waals surface area contributed by atoms with Gasteiger partial charge in [0.2, 0.25) is 0 Å². The lowest BCUT2D eigenvalue weighted by molar-refractivity contribution is -0.137. The number of likely N-dealkylation sites (tertiary alicyclic amines) is 1. The largest absolute Gasteiger partial charge is 0.416 e. The summed E-state index contributed by atoms with van der Waals surface area (Å²) < 4.78 is 38.4. The van der Waals surface area contributed by atoms with E-state index < -0.39 is 11.7 Å². The number of pyridine rings is 1. The fourth-order valence-electron chi connectivity index (χ4n) is 5.31. The molecule has 4 rings (SSSR count). The highest BCUT2D eigenvalue weighted by Gasteiger charge is 2.31. The monoisotopic (exact) mass is 473 g/mol. The second kappa shape index (κ2) is 10.5. The molecule has 4 nitrogen and oxygen atoms in total. The van der Waals surface area contributed by atoms with E-state index >= 15 is 0 Å². The summed E-state index contributed by atoms with van der Waals surface area (Å²) >= 11 is 0. The predicted molar refractivity (Wildman–Crippen MR) is 127 cm³/mol. The Balaban J connectivity index is 1.41. The molecule has 184 valence electrons. The van der Waals surface area contributed by atoms with Crippen LogP contribution in [0.15, 0.2) is 36.4 Å². The molecule has 0 N–H and O–H groups in total. The van der Waals surface area contributed by atoms with Gasteiger partial charge < -0.3 is 4.90 Å². The van der Waals surface area contributed by atoms with Crippen LogP contribution in [0.2, 0.25) is 0 Å². The summed E-state index contributed by atoms with van der Waals surface area (Å²) in [6, 6.07) is 9.60. The number of aromatic nitrogens is 1. The van der Waals surface area contributed by atoms with E-state index in [-0.39, 0.29) is 11.8 Å². The van der Waals surface area contributed by atoms with Crippen LogP contribution in [0.5, 0.6) is 0 Å². The molecule has 1 aromatic carbocycles. The van der Waals surface area contributed by atoms with E-state index in [1.165, 1.54) is 19.3 Å². The summed E-state index contributed by atoms with van der Waals surface area (Å²) in [5.74, 6) is 0.282. The highest BCUT2D eigenvalue weighted by Crippen LogP contribution is 2.33. The SMILES string of the molecule is Cc1ccc(C(=O)N(C)C2CCCCC2)c(C2CCN(Cc3ccc(C(F)(F)F)cc3)CC2)n1. The molecule has 34 heavy (non-hydrogen) atoms. The van der Waals surface area contributed by atoms with Crippen LogP contribution in [0.1, 0.15) is 83.7 Å². The first-order chi connectivity index (χ1) is 16.2. The van der Waals surface area contributed by atoms with E-state index in [2.05, 4.69) is 4.90 Å². The van der Waals surface area contributed by atoms with Crippen LogP contribution in [0, 0.1) is 6.92 Å². The molecule has 0 bridgehead atoms. The van der Waals surface area contributed by atoms with Crippen LogP contribution in [0.3, 0.4) is 0 Å². The zero-order chi connectivity index (χ0) is 24.3. The topological polar surface area (TPSA) is 36.4 Å².